The number of hydrogen-bond donors (Lipinski definition) is 2. The second-order valence-corrected chi connectivity index (χ2v) is 6.53. The number of hydrogen-bond acceptors (Lipinski definition) is 4. The third kappa shape index (κ3) is 2.05. The van der Waals surface area contributed by atoms with Crippen LogP contribution >= 0.6 is 11.3 Å². The number of nitrogens with one attached hydrogen (secondary N) is 1. The van der Waals surface area contributed by atoms with Crippen LogP contribution in [0.2, 0.25) is 0 Å². The quantitative estimate of drug-likeness (QED) is 0.809. The summed E-state index contributed by atoms with van der Waals surface area (Å²) < 4.78 is 1.18. The summed E-state index contributed by atoms with van der Waals surface area (Å²) in [4.78, 5) is 4.53. The lowest BCUT2D eigenvalue weighted by Crippen LogP contribution is -2.22. The van der Waals surface area contributed by atoms with Crippen molar-refractivity contribution in [3.05, 3.63) is 17.1 Å². The zero-order valence-corrected chi connectivity index (χ0v) is 11.7. The third-order valence-corrected chi connectivity index (χ3v) is 4.80. The second kappa shape index (κ2) is 4.43. The maximum Gasteiger partial charge on any atom is 0.0907 e. The number of aryl methyl sites for hydroxylation is 1. The lowest BCUT2D eigenvalue weighted by Gasteiger charge is -2.19. The van der Waals surface area contributed by atoms with Crippen molar-refractivity contribution in [3.8, 4) is 0 Å². The van der Waals surface area contributed by atoms with Crippen LogP contribution in [0.15, 0.2) is 12.1 Å². The van der Waals surface area contributed by atoms with E-state index in [0.717, 1.165) is 27.8 Å². The van der Waals surface area contributed by atoms with Crippen LogP contribution in [0, 0.1) is 12.8 Å². The van der Waals surface area contributed by atoms with Crippen molar-refractivity contribution in [2.45, 2.75) is 39.2 Å². The molecular formula is C14H19N3S. The van der Waals surface area contributed by atoms with Gasteiger partial charge in [-0.2, -0.15) is 0 Å². The number of nitrogens with two attached hydrogens (primary N) is 1. The Labute approximate surface area is 111 Å². The van der Waals surface area contributed by atoms with Crippen LogP contribution in [0.1, 0.15) is 31.2 Å². The van der Waals surface area contributed by atoms with Crippen molar-refractivity contribution in [3.63, 3.8) is 0 Å². The van der Waals surface area contributed by atoms with Crippen LogP contribution < -0.4 is 11.1 Å². The number of nitrogen functional groups attached to an aromatic ring is 1. The third-order valence-electron chi connectivity index (χ3n) is 3.87. The predicted octanol–water partition coefficient (Wildman–Crippen LogP) is 3.79. The zero-order chi connectivity index (χ0) is 12.7. The maximum atomic E-state index is 6.14. The predicted molar refractivity (Wildman–Crippen MR) is 79.2 cm³/mol. The monoisotopic (exact) mass is 261 g/mol. The van der Waals surface area contributed by atoms with Gasteiger partial charge in [-0.3, -0.25) is 0 Å². The van der Waals surface area contributed by atoms with Gasteiger partial charge in [0.25, 0.3) is 0 Å². The zero-order valence-electron chi connectivity index (χ0n) is 10.9. The molecule has 1 aliphatic carbocycles. The fourth-order valence-corrected chi connectivity index (χ4v) is 3.65. The molecule has 2 unspecified atom stereocenters. The molecule has 1 aromatic heterocycles. The minimum Gasteiger partial charge on any atom is -0.397 e. The first-order valence-electron chi connectivity index (χ1n) is 6.56. The molecular weight excluding hydrogens is 242 g/mol. The van der Waals surface area contributed by atoms with Crippen LogP contribution in [-0.2, 0) is 0 Å². The van der Waals surface area contributed by atoms with Gasteiger partial charge >= 0.3 is 0 Å². The van der Waals surface area contributed by atoms with Crippen molar-refractivity contribution in [2.24, 2.45) is 5.92 Å². The number of nitrogens with zero attached hydrogens (tertiary/aromatic N) is 1. The molecule has 96 valence electrons. The van der Waals surface area contributed by atoms with E-state index in [9.17, 15) is 0 Å². The van der Waals surface area contributed by atoms with Crippen LogP contribution in [0.3, 0.4) is 0 Å². The van der Waals surface area contributed by atoms with Gasteiger partial charge in [0.15, 0.2) is 0 Å². The smallest absolute Gasteiger partial charge is 0.0907 e. The maximum absolute atomic E-state index is 6.14. The molecule has 18 heavy (non-hydrogen) atoms. The van der Waals surface area contributed by atoms with E-state index >= 15 is 0 Å². The van der Waals surface area contributed by atoms with Gasteiger partial charge in [0.1, 0.15) is 0 Å². The summed E-state index contributed by atoms with van der Waals surface area (Å²) in [7, 11) is 0. The Balaban J connectivity index is 1.93. The van der Waals surface area contributed by atoms with E-state index in [0.29, 0.717) is 6.04 Å². The van der Waals surface area contributed by atoms with Crippen molar-refractivity contribution in [2.75, 3.05) is 11.1 Å². The van der Waals surface area contributed by atoms with Crippen molar-refractivity contribution < 1.29 is 0 Å². The molecule has 0 spiro atoms. The topological polar surface area (TPSA) is 50.9 Å². The van der Waals surface area contributed by atoms with Gasteiger partial charge in [0, 0.05) is 6.04 Å². The first-order chi connectivity index (χ1) is 8.63. The van der Waals surface area contributed by atoms with Gasteiger partial charge in [-0.15, -0.1) is 11.3 Å². The van der Waals surface area contributed by atoms with E-state index in [4.69, 9.17) is 5.73 Å². The summed E-state index contributed by atoms with van der Waals surface area (Å²) in [6, 6.07) is 4.70. The van der Waals surface area contributed by atoms with E-state index < -0.39 is 0 Å². The minimum absolute atomic E-state index is 0.560. The Hall–Kier alpha value is -1.29. The Kier molecular flexibility index (Phi) is 2.90. The van der Waals surface area contributed by atoms with Gasteiger partial charge < -0.3 is 11.1 Å². The van der Waals surface area contributed by atoms with Crippen LogP contribution in [-0.4, -0.2) is 11.0 Å². The Morgan fingerprint density at radius 1 is 1.39 bits per heavy atom. The Morgan fingerprint density at radius 3 is 2.94 bits per heavy atom. The van der Waals surface area contributed by atoms with Crippen LogP contribution in [0.5, 0.6) is 0 Å². The van der Waals surface area contributed by atoms with Gasteiger partial charge in [-0.1, -0.05) is 13.3 Å². The summed E-state index contributed by atoms with van der Waals surface area (Å²) in [6.07, 6.45) is 3.88. The van der Waals surface area contributed by atoms with E-state index in [-0.39, 0.29) is 0 Å². The van der Waals surface area contributed by atoms with Gasteiger partial charge in [0.2, 0.25) is 0 Å². The normalized spacial score (nSPS) is 23.7. The van der Waals surface area contributed by atoms with Gasteiger partial charge in [-0.05, 0) is 37.8 Å². The average molecular weight is 261 g/mol. The summed E-state index contributed by atoms with van der Waals surface area (Å²) >= 11 is 1.70. The van der Waals surface area contributed by atoms with Gasteiger partial charge in [0.05, 0.1) is 26.6 Å². The highest BCUT2D eigenvalue weighted by molar-refractivity contribution is 7.18. The molecule has 1 fully saturated rings. The first kappa shape index (κ1) is 11.8. The van der Waals surface area contributed by atoms with Crippen LogP contribution in [0.4, 0.5) is 11.4 Å². The first-order valence-corrected chi connectivity index (χ1v) is 7.38. The highest BCUT2D eigenvalue weighted by Gasteiger charge is 2.23. The molecule has 1 aliphatic rings. The molecule has 2 aromatic rings. The van der Waals surface area contributed by atoms with Crippen molar-refractivity contribution in [1.82, 2.24) is 4.98 Å². The van der Waals surface area contributed by atoms with Crippen molar-refractivity contribution in [1.29, 1.82) is 0 Å². The number of thiazole rings is 1. The summed E-state index contributed by atoms with van der Waals surface area (Å²) in [5, 5.41) is 4.69. The van der Waals surface area contributed by atoms with E-state index in [1.165, 1.54) is 24.0 Å². The molecule has 3 nitrogen and oxygen atoms in total. The molecule has 4 heteroatoms. The number of rotatable bonds is 2. The largest absolute Gasteiger partial charge is 0.397 e. The summed E-state index contributed by atoms with van der Waals surface area (Å²) in [5.74, 6) is 0.734. The molecule has 3 N–H and O–H groups in total. The second-order valence-electron chi connectivity index (χ2n) is 5.30. The van der Waals surface area contributed by atoms with Crippen molar-refractivity contribution >= 4 is 32.9 Å². The number of aromatic nitrogens is 1. The van der Waals surface area contributed by atoms with Gasteiger partial charge in [-0.25, -0.2) is 4.98 Å². The minimum atomic E-state index is 0.560. The molecule has 1 heterocycles. The molecule has 0 radical (unpaired) electrons. The average Bonchev–Trinajstić information content (AvgIpc) is 2.85. The SMILES string of the molecule is Cc1nc2cc(NC3CCCC3C)c(N)cc2s1. The fourth-order valence-electron chi connectivity index (χ4n) is 2.79. The molecule has 3 rings (SSSR count). The molecule has 0 aliphatic heterocycles. The van der Waals surface area contributed by atoms with E-state index in [2.05, 4.69) is 23.3 Å². The molecule has 0 bridgehead atoms. The molecule has 1 aromatic carbocycles. The highest BCUT2D eigenvalue weighted by atomic mass is 32.1. The molecule has 2 atom stereocenters. The Morgan fingerprint density at radius 2 is 2.22 bits per heavy atom. The fraction of sp³-hybridized carbons (Fsp3) is 0.500. The lowest BCUT2D eigenvalue weighted by atomic mass is 10.1. The molecule has 1 saturated carbocycles. The Bertz CT molecular complexity index is 576. The lowest BCUT2D eigenvalue weighted by molar-refractivity contribution is 0.556. The van der Waals surface area contributed by atoms with E-state index in [1.807, 2.05) is 13.0 Å². The standard InChI is InChI=1S/C14H19N3S/c1-8-4-3-5-11(8)17-12-7-13-14(6-10(12)15)18-9(2)16-13/h6-8,11,17H,3-5,15H2,1-2H3. The number of fused-ring (bicyclic) bond motifs is 1. The number of anilines is 2. The summed E-state index contributed by atoms with van der Waals surface area (Å²) in [5.41, 5.74) is 9.08. The van der Waals surface area contributed by atoms with E-state index in [1.54, 1.807) is 11.3 Å². The molecule has 0 saturated heterocycles. The van der Waals surface area contributed by atoms with Crippen LogP contribution in [0.25, 0.3) is 10.2 Å². The highest BCUT2D eigenvalue weighted by Crippen LogP contribution is 2.33. The molecule has 0 amide bonds. The summed E-state index contributed by atoms with van der Waals surface area (Å²) in [6.45, 7) is 4.35. The number of benzene rings is 1.